The minimum atomic E-state index is -0.246. The van der Waals surface area contributed by atoms with Crippen LogP contribution in [0.15, 0.2) is 39.6 Å². The molecule has 2 aromatic rings. The molecule has 0 saturated carbocycles. The first kappa shape index (κ1) is 23.0. The van der Waals surface area contributed by atoms with Gasteiger partial charge in [0.05, 0.1) is 18.1 Å². The van der Waals surface area contributed by atoms with Crippen molar-refractivity contribution in [2.45, 2.75) is 75.7 Å². The van der Waals surface area contributed by atoms with Crippen molar-refractivity contribution in [3.8, 4) is 0 Å². The summed E-state index contributed by atoms with van der Waals surface area (Å²) in [5, 5.41) is 12.6. The first-order chi connectivity index (χ1) is 15.6. The van der Waals surface area contributed by atoms with Crippen molar-refractivity contribution in [2.24, 2.45) is 5.92 Å². The van der Waals surface area contributed by atoms with E-state index in [-0.39, 0.29) is 11.2 Å². The van der Waals surface area contributed by atoms with Crippen molar-refractivity contribution in [1.82, 2.24) is 20.1 Å². The Morgan fingerprint density at radius 1 is 1.31 bits per heavy atom. The van der Waals surface area contributed by atoms with Crippen LogP contribution in [0, 0.1) is 5.92 Å². The third kappa shape index (κ3) is 5.97. The molecule has 0 bridgehead atoms. The molecular weight excluding hydrogens is 422 g/mol. The van der Waals surface area contributed by atoms with E-state index in [1.54, 1.807) is 6.26 Å². The number of rotatable bonds is 9. The van der Waals surface area contributed by atoms with E-state index in [4.69, 9.17) is 4.42 Å². The summed E-state index contributed by atoms with van der Waals surface area (Å²) in [7, 11) is 0. The summed E-state index contributed by atoms with van der Waals surface area (Å²) in [6.45, 7) is 7.46. The van der Waals surface area contributed by atoms with Gasteiger partial charge in [-0.2, -0.15) is 0 Å². The highest BCUT2D eigenvalue weighted by Gasteiger charge is 2.25. The van der Waals surface area contributed by atoms with Gasteiger partial charge in [0.1, 0.15) is 5.76 Å². The number of anilines is 1. The van der Waals surface area contributed by atoms with Crippen molar-refractivity contribution >= 4 is 23.6 Å². The Hall–Kier alpha value is -2.22. The lowest BCUT2D eigenvalue weighted by molar-refractivity contribution is -0.120. The third-order valence-electron chi connectivity index (χ3n) is 6.44. The second kappa shape index (κ2) is 11.1. The molecule has 1 N–H and O–H groups in total. The molecule has 3 heterocycles. The largest absolute Gasteiger partial charge is 0.467 e. The molecule has 4 rings (SSSR count). The summed E-state index contributed by atoms with van der Waals surface area (Å²) >= 11 is 1.47. The van der Waals surface area contributed by atoms with Crippen LogP contribution >= 0.6 is 11.8 Å². The van der Waals surface area contributed by atoms with Gasteiger partial charge in [-0.1, -0.05) is 30.3 Å². The lowest BCUT2D eigenvalue weighted by Crippen LogP contribution is -2.35. The molecule has 1 saturated heterocycles. The number of carbonyl (C=O) groups is 1. The number of hydrogen-bond donors (Lipinski definition) is 1. The number of nitrogens with one attached hydrogen (secondary N) is 1. The quantitative estimate of drug-likeness (QED) is 0.437. The Morgan fingerprint density at radius 3 is 2.88 bits per heavy atom. The van der Waals surface area contributed by atoms with Gasteiger partial charge in [0.2, 0.25) is 11.9 Å². The van der Waals surface area contributed by atoms with E-state index in [0.29, 0.717) is 13.1 Å². The van der Waals surface area contributed by atoms with Crippen LogP contribution in [0.5, 0.6) is 0 Å². The Bertz CT molecular complexity index is 900. The van der Waals surface area contributed by atoms with Crippen molar-refractivity contribution in [3.05, 3.63) is 35.8 Å². The molecule has 1 amide bonds. The lowest BCUT2D eigenvalue weighted by Gasteiger charge is -2.31. The maximum atomic E-state index is 12.7. The van der Waals surface area contributed by atoms with E-state index in [1.807, 2.05) is 19.1 Å². The molecule has 32 heavy (non-hydrogen) atoms. The highest BCUT2D eigenvalue weighted by atomic mass is 32.2. The number of amides is 1. The highest BCUT2D eigenvalue weighted by Crippen LogP contribution is 2.29. The first-order valence-corrected chi connectivity index (χ1v) is 12.8. The van der Waals surface area contributed by atoms with E-state index in [1.165, 1.54) is 43.0 Å². The topological polar surface area (TPSA) is 76.2 Å². The zero-order chi connectivity index (χ0) is 22.3. The number of piperidine rings is 1. The van der Waals surface area contributed by atoms with Gasteiger partial charge in [-0.05, 0) is 69.9 Å². The molecule has 2 aliphatic rings. The molecule has 1 fully saturated rings. The van der Waals surface area contributed by atoms with E-state index >= 15 is 0 Å². The van der Waals surface area contributed by atoms with E-state index in [9.17, 15) is 4.79 Å². The lowest BCUT2D eigenvalue weighted by atomic mass is 9.97. The molecular formula is C24H35N5O2S. The third-order valence-corrected chi connectivity index (χ3v) is 7.52. The summed E-state index contributed by atoms with van der Waals surface area (Å²) in [5.74, 6) is 2.52. The van der Waals surface area contributed by atoms with Crippen LogP contribution in [-0.2, 0) is 11.3 Å². The number of carbonyl (C=O) groups excluding carboxylic acids is 1. The summed E-state index contributed by atoms with van der Waals surface area (Å²) in [4.78, 5) is 15.0. The minimum Gasteiger partial charge on any atom is -0.467 e. The number of aromatic nitrogens is 3. The molecule has 0 spiro atoms. The Balaban J connectivity index is 1.40. The monoisotopic (exact) mass is 457 g/mol. The van der Waals surface area contributed by atoms with Crippen molar-refractivity contribution in [1.29, 1.82) is 0 Å². The average molecular weight is 458 g/mol. The molecule has 2 aromatic heterocycles. The van der Waals surface area contributed by atoms with Crippen LogP contribution < -0.4 is 10.2 Å². The van der Waals surface area contributed by atoms with E-state index in [2.05, 4.69) is 38.0 Å². The van der Waals surface area contributed by atoms with Gasteiger partial charge in [0.15, 0.2) is 5.16 Å². The van der Waals surface area contributed by atoms with Crippen molar-refractivity contribution in [2.75, 3.05) is 24.5 Å². The summed E-state index contributed by atoms with van der Waals surface area (Å²) < 4.78 is 7.69. The van der Waals surface area contributed by atoms with Crippen molar-refractivity contribution in [3.63, 3.8) is 0 Å². The number of thioether (sulfide) groups is 1. The SMILES string of the molecule is CC1CCN(c2nnc(SC(C)C(=O)NCCC3=CCCCC3)n2Cc2ccco2)CC1. The van der Waals surface area contributed by atoms with Crippen LogP contribution in [0.1, 0.15) is 64.6 Å². The predicted molar refractivity (Wildman–Crippen MR) is 128 cm³/mol. The fourth-order valence-corrected chi connectivity index (χ4v) is 5.21. The molecule has 0 aromatic carbocycles. The Morgan fingerprint density at radius 2 is 2.16 bits per heavy atom. The Labute approximate surface area is 195 Å². The van der Waals surface area contributed by atoms with Crippen LogP contribution in [0.4, 0.5) is 5.95 Å². The molecule has 1 aliphatic carbocycles. The minimum absolute atomic E-state index is 0.0484. The molecule has 8 heteroatoms. The smallest absolute Gasteiger partial charge is 0.233 e. The second-order valence-corrected chi connectivity index (χ2v) is 10.3. The number of allylic oxidation sites excluding steroid dienone is 1. The summed E-state index contributed by atoms with van der Waals surface area (Å²) in [5.41, 5.74) is 1.48. The highest BCUT2D eigenvalue weighted by molar-refractivity contribution is 8.00. The van der Waals surface area contributed by atoms with Gasteiger partial charge in [0.25, 0.3) is 0 Å². The molecule has 1 aliphatic heterocycles. The first-order valence-electron chi connectivity index (χ1n) is 11.9. The standard InChI is InChI=1S/C24H35N5O2S/c1-18-11-14-28(15-12-18)23-26-27-24(29(23)17-21-9-6-16-31-21)32-19(2)22(30)25-13-10-20-7-4-3-5-8-20/h6-7,9,16,18-19H,3-5,8,10-15,17H2,1-2H3,(H,25,30). The summed E-state index contributed by atoms with van der Waals surface area (Å²) in [6.07, 6.45) is 12.2. The average Bonchev–Trinajstić information content (AvgIpc) is 3.46. The van der Waals surface area contributed by atoms with Gasteiger partial charge in [-0.15, -0.1) is 10.2 Å². The van der Waals surface area contributed by atoms with Gasteiger partial charge < -0.3 is 14.6 Å². The molecule has 0 radical (unpaired) electrons. The van der Waals surface area contributed by atoms with Gasteiger partial charge in [0, 0.05) is 19.6 Å². The maximum absolute atomic E-state index is 12.7. The molecule has 1 unspecified atom stereocenters. The molecule has 7 nitrogen and oxygen atoms in total. The zero-order valence-corrected chi connectivity index (χ0v) is 20.1. The molecule has 1 atom stereocenters. The van der Waals surface area contributed by atoms with E-state index < -0.39 is 0 Å². The van der Waals surface area contributed by atoms with Crippen molar-refractivity contribution < 1.29 is 9.21 Å². The second-order valence-electron chi connectivity index (χ2n) is 9.03. The fraction of sp³-hybridized carbons (Fsp3) is 0.625. The Kier molecular flexibility index (Phi) is 7.95. The number of hydrogen-bond acceptors (Lipinski definition) is 6. The zero-order valence-electron chi connectivity index (χ0n) is 19.3. The fourth-order valence-electron chi connectivity index (χ4n) is 4.34. The van der Waals surface area contributed by atoms with Crippen LogP contribution in [0.25, 0.3) is 0 Å². The normalized spacial score (nSPS) is 18.4. The number of nitrogens with zero attached hydrogens (tertiary/aromatic N) is 4. The van der Waals surface area contributed by atoms with Gasteiger partial charge in [-0.3, -0.25) is 9.36 Å². The van der Waals surface area contributed by atoms with Crippen LogP contribution in [0.2, 0.25) is 0 Å². The van der Waals surface area contributed by atoms with Gasteiger partial charge >= 0.3 is 0 Å². The van der Waals surface area contributed by atoms with E-state index in [0.717, 1.165) is 55.1 Å². The predicted octanol–water partition coefficient (Wildman–Crippen LogP) is 4.64. The van der Waals surface area contributed by atoms with Crippen LogP contribution in [-0.4, -0.2) is 45.6 Å². The maximum Gasteiger partial charge on any atom is 0.233 e. The number of furan rings is 1. The summed E-state index contributed by atoms with van der Waals surface area (Å²) in [6, 6.07) is 3.86. The molecule has 174 valence electrons. The van der Waals surface area contributed by atoms with Gasteiger partial charge in [-0.25, -0.2) is 0 Å². The van der Waals surface area contributed by atoms with Crippen LogP contribution in [0.3, 0.4) is 0 Å².